The molecule has 0 aliphatic heterocycles. The Morgan fingerprint density at radius 2 is 1.93 bits per heavy atom. The normalized spacial score (nSPS) is 21.3. The molecule has 0 aromatic carbocycles. The molecule has 1 atom stereocenters. The number of carbonyl (C=O) groups excluding carboxylic acids is 1. The summed E-state index contributed by atoms with van der Waals surface area (Å²) in [5, 5.41) is 2.85. The predicted molar refractivity (Wildman–Crippen MR) is 63.9 cm³/mol. The van der Waals surface area contributed by atoms with E-state index in [1.807, 2.05) is 6.92 Å². The fraction of sp³-hybridized carbons (Fsp3) is 0.900. The van der Waals surface area contributed by atoms with Crippen LogP contribution >= 0.6 is 12.4 Å². The number of hydrogen-bond donors (Lipinski definition) is 3. The first-order valence-corrected chi connectivity index (χ1v) is 5.38. The van der Waals surface area contributed by atoms with Gasteiger partial charge in [0.2, 0.25) is 5.91 Å². The van der Waals surface area contributed by atoms with E-state index in [4.69, 9.17) is 11.5 Å². The van der Waals surface area contributed by atoms with Crippen LogP contribution in [0.4, 0.5) is 0 Å². The first-order chi connectivity index (χ1) is 6.58. The van der Waals surface area contributed by atoms with E-state index in [1.165, 1.54) is 6.42 Å². The predicted octanol–water partition coefficient (Wildman–Crippen LogP) is 0.533. The van der Waals surface area contributed by atoms with Gasteiger partial charge in [-0.1, -0.05) is 19.3 Å². The maximum absolute atomic E-state index is 11.8. The summed E-state index contributed by atoms with van der Waals surface area (Å²) < 4.78 is 0. The van der Waals surface area contributed by atoms with Crippen LogP contribution in [-0.2, 0) is 4.79 Å². The molecule has 0 radical (unpaired) electrons. The van der Waals surface area contributed by atoms with Gasteiger partial charge in [-0.05, 0) is 19.8 Å². The highest BCUT2D eigenvalue weighted by molar-refractivity contribution is 5.86. The molecule has 1 fully saturated rings. The van der Waals surface area contributed by atoms with Crippen molar-refractivity contribution in [2.45, 2.75) is 50.6 Å². The molecule has 1 aliphatic rings. The van der Waals surface area contributed by atoms with E-state index in [0.717, 1.165) is 25.7 Å². The molecule has 0 unspecified atom stereocenters. The van der Waals surface area contributed by atoms with E-state index in [0.29, 0.717) is 6.54 Å². The first kappa shape index (κ1) is 14.7. The topological polar surface area (TPSA) is 81.1 Å². The molecular weight excluding hydrogens is 214 g/mol. The number of carbonyl (C=O) groups is 1. The largest absolute Gasteiger partial charge is 0.351 e. The van der Waals surface area contributed by atoms with Gasteiger partial charge in [-0.3, -0.25) is 4.79 Å². The number of rotatable bonds is 3. The highest BCUT2D eigenvalue weighted by Crippen LogP contribution is 2.25. The lowest BCUT2D eigenvalue weighted by Gasteiger charge is -2.32. The van der Waals surface area contributed by atoms with E-state index < -0.39 is 5.54 Å². The van der Waals surface area contributed by atoms with Crippen molar-refractivity contribution in [2.75, 3.05) is 6.54 Å². The summed E-state index contributed by atoms with van der Waals surface area (Å²) in [4.78, 5) is 11.8. The van der Waals surface area contributed by atoms with Crippen molar-refractivity contribution in [3.63, 3.8) is 0 Å². The molecular formula is C10H22ClN3O. The highest BCUT2D eigenvalue weighted by atomic mass is 35.5. The Kier molecular flexibility index (Phi) is 6.17. The van der Waals surface area contributed by atoms with Gasteiger partial charge in [0.15, 0.2) is 0 Å². The zero-order valence-corrected chi connectivity index (χ0v) is 10.1. The Morgan fingerprint density at radius 1 is 1.40 bits per heavy atom. The van der Waals surface area contributed by atoms with Gasteiger partial charge in [-0.15, -0.1) is 12.4 Å². The molecule has 5 heteroatoms. The Bertz CT molecular complexity index is 205. The lowest BCUT2D eigenvalue weighted by molar-refractivity contribution is -0.128. The minimum absolute atomic E-state index is 0. The van der Waals surface area contributed by atoms with Gasteiger partial charge in [0.1, 0.15) is 0 Å². The SMILES string of the molecule is C[C@@H](CN)NC(=O)C1(N)CCCCC1.Cl. The van der Waals surface area contributed by atoms with Crippen molar-refractivity contribution in [3.8, 4) is 0 Å². The van der Waals surface area contributed by atoms with Crippen LogP contribution in [0.3, 0.4) is 0 Å². The second kappa shape index (κ2) is 6.30. The molecule has 1 saturated carbocycles. The Hall–Kier alpha value is -0.320. The van der Waals surface area contributed by atoms with Gasteiger partial charge in [-0.25, -0.2) is 0 Å². The quantitative estimate of drug-likeness (QED) is 0.668. The molecule has 0 aromatic heterocycles. The van der Waals surface area contributed by atoms with Crippen molar-refractivity contribution in [1.82, 2.24) is 5.32 Å². The van der Waals surface area contributed by atoms with E-state index in [9.17, 15) is 4.79 Å². The van der Waals surface area contributed by atoms with Crippen LogP contribution in [0.2, 0.25) is 0 Å². The minimum atomic E-state index is -0.637. The van der Waals surface area contributed by atoms with Crippen molar-refractivity contribution >= 4 is 18.3 Å². The molecule has 90 valence electrons. The van der Waals surface area contributed by atoms with Crippen molar-refractivity contribution in [3.05, 3.63) is 0 Å². The molecule has 0 aromatic rings. The maximum Gasteiger partial charge on any atom is 0.240 e. The van der Waals surface area contributed by atoms with E-state index in [1.54, 1.807) is 0 Å². The van der Waals surface area contributed by atoms with Crippen LogP contribution < -0.4 is 16.8 Å². The molecule has 0 bridgehead atoms. The zero-order valence-electron chi connectivity index (χ0n) is 9.29. The average Bonchev–Trinajstić information content (AvgIpc) is 2.18. The van der Waals surface area contributed by atoms with Crippen molar-refractivity contribution < 1.29 is 4.79 Å². The lowest BCUT2D eigenvalue weighted by atomic mass is 9.82. The average molecular weight is 236 g/mol. The number of nitrogens with two attached hydrogens (primary N) is 2. The van der Waals surface area contributed by atoms with Crippen LogP contribution in [0.15, 0.2) is 0 Å². The minimum Gasteiger partial charge on any atom is -0.351 e. The van der Waals surface area contributed by atoms with E-state index in [2.05, 4.69) is 5.32 Å². The second-order valence-corrected chi connectivity index (χ2v) is 4.33. The second-order valence-electron chi connectivity index (χ2n) is 4.33. The lowest BCUT2D eigenvalue weighted by Crippen LogP contribution is -2.57. The summed E-state index contributed by atoms with van der Waals surface area (Å²) in [6.45, 7) is 2.35. The summed E-state index contributed by atoms with van der Waals surface area (Å²) >= 11 is 0. The summed E-state index contributed by atoms with van der Waals surface area (Å²) in [5.41, 5.74) is 10.9. The molecule has 15 heavy (non-hydrogen) atoms. The fourth-order valence-electron chi connectivity index (χ4n) is 1.84. The van der Waals surface area contributed by atoms with Crippen LogP contribution in [0.1, 0.15) is 39.0 Å². The molecule has 5 N–H and O–H groups in total. The molecule has 1 amide bonds. The first-order valence-electron chi connectivity index (χ1n) is 5.38. The van der Waals surface area contributed by atoms with Crippen LogP contribution in [-0.4, -0.2) is 24.0 Å². The van der Waals surface area contributed by atoms with Gasteiger partial charge in [0, 0.05) is 12.6 Å². The van der Waals surface area contributed by atoms with Crippen molar-refractivity contribution in [1.29, 1.82) is 0 Å². The van der Waals surface area contributed by atoms with E-state index >= 15 is 0 Å². The maximum atomic E-state index is 11.8. The van der Waals surface area contributed by atoms with Gasteiger partial charge in [0.05, 0.1) is 5.54 Å². The summed E-state index contributed by atoms with van der Waals surface area (Å²) in [7, 11) is 0. The molecule has 1 aliphatic carbocycles. The Morgan fingerprint density at radius 3 is 2.40 bits per heavy atom. The fourth-order valence-corrected chi connectivity index (χ4v) is 1.84. The smallest absolute Gasteiger partial charge is 0.240 e. The van der Waals surface area contributed by atoms with Gasteiger partial charge in [0.25, 0.3) is 0 Å². The third kappa shape index (κ3) is 3.97. The van der Waals surface area contributed by atoms with Gasteiger partial charge in [-0.2, -0.15) is 0 Å². The monoisotopic (exact) mass is 235 g/mol. The molecule has 0 heterocycles. The Labute approximate surface area is 97.6 Å². The number of hydrogen-bond acceptors (Lipinski definition) is 3. The van der Waals surface area contributed by atoms with Crippen LogP contribution in [0, 0.1) is 0 Å². The number of nitrogens with one attached hydrogen (secondary N) is 1. The standard InChI is InChI=1S/C10H21N3O.ClH/c1-8(7-11)13-9(14)10(12)5-3-2-4-6-10;/h8H,2-7,11-12H2,1H3,(H,13,14);1H/t8-;/m0./s1. The summed E-state index contributed by atoms with van der Waals surface area (Å²) in [6, 6.07) is 0.0184. The molecule has 4 nitrogen and oxygen atoms in total. The molecule has 1 rings (SSSR count). The van der Waals surface area contributed by atoms with Gasteiger partial charge >= 0.3 is 0 Å². The highest BCUT2D eigenvalue weighted by Gasteiger charge is 2.35. The molecule has 0 spiro atoms. The third-order valence-electron chi connectivity index (χ3n) is 2.93. The van der Waals surface area contributed by atoms with E-state index in [-0.39, 0.29) is 24.4 Å². The number of amides is 1. The number of halogens is 1. The zero-order chi connectivity index (χ0) is 10.6. The molecule has 0 saturated heterocycles. The summed E-state index contributed by atoms with van der Waals surface area (Å²) in [6.07, 6.45) is 4.91. The Balaban J connectivity index is 0.00000196. The van der Waals surface area contributed by atoms with Crippen molar-refractivity contribution in [2.24, 2.45) is 11.5 Å². The summed E-state index contributed by atoms with van der Waals surface area (Å²) in [5.74, 6) is -0.0323. The van der Waals surface area contributed by atoms with Crippen LogP contribution in [0.25, 0.3) is 0 Å². The van der Waals surface area contributed by atoms with Crippen LogP contribution in [0.5, 0.6) is 0 Å². The van der Waals surface area contributed by atoms with Gasteiger partial charge < -0.3 is 16.8 Å². The third-order valence-corrected chi connectivity index (χ3v) is 2.93.